The van der Waals surface area contributed by atoms with E-state index in [1.54, 1.807) is 24.3 Å². The first-order valence-corrected chi connectivity index (χ1v) is 7.20. The van der Waals surface area contributed by atoms with Gasteiger partial charge in [0, 0.05) is 5.56 Å². The van der Waals surface area contributed by atoms with E-state index in [4.69, 9.17) is 23.2 Å². The molecule has 6 heteroatoms. The third-order valence-corrected chi connectivity index (χ3v) is 4.03. The summed E-state index contributed by atoms with van der Waals surface area (Å²) in [5.41, 5.74) is 2.52. The van der Waals surface area contributed by atoms with Crippen LogP contribution in [0.1, 0.15) is 19.4 Å². The van der Waals surface area contributed by atoms with Crippen LogP contribution in [0.4, 0.5) is 4.39 Å². The topological polar surface area (TPSA) is 41.5 Å². The molecular weight excluding hydrogens is 314 g/mol. The second kappa shape index (κ2) is 6.16. The van der Waals surface area contributed by atoms with E-state index >= 15 is 0 Å². The van der Waals surface area contributed by atoms with Crippen molar-refractivity contribution in [2.24, 2.45) is 22.4 Å². The van der Waals surface area contributed by atoms with Crippen LogP contribution in [0.2, 0.25) is 0 Å². The number of allylic oxidation sites excluding steroid dienone is 1. The van der Waals surface area contributed by atoms with E-state index in [9.17, 15) is 9.18 Å². The van der Waals surface area contributed by atoms with Gasteiger partial charge >= 0.3 is 0 Å². The minimum absolute atomic E-state index is 0.0221. The molecule has 1 aliphatic carbocycles. The zero-order chi connectivity index (χ0) is 15.6. The van der Waals surface area contributed by atoms with Gasteiger partial charge in [0.15, 0.2) is 0 Å². The number of hydrogen-bond acceptors (Lipinski definition) is 2. The summed E-state index contributed by atoms with van der Waals surface area (Å²) in [6, 6.07) is 6.19. The monoisotopic (exact) mass is 328 g/mol. The van der Waals surface area contributed by atoms with E-state index in [0.717, 1.165) is 0 Å². The Labute approximate surface area is 132 Å². The van der Waals surface area contributed by atoms with Gasteiger partial charge in [0.1, 0.15) is 10.3 Å². The van der Waals surface area contributed by atoms with Gasteiger partial charge in [0.25, 0.3) is 0 Å². The predicted octanol–water partition coefficient (Wildman–Crippen LogP) is 3.87. The van der Waals surface area contributed by atoms with Crippen molar-refractivity contribution in [1.82, 2.24) is 5.43 Å². The molecule has 0 unspecified atom stereocenters. The summed E-state index contributed by atoms with van der Waals surface area (Å²) in [7, 11) is 0. The van der Waals surface area contributed by atoms with Gasteiger partial charge in [-0.1, -0.05) is 55.2 Å². The SMILES string of the molecule is CC1(C)[C@H](C=C(Cl)Cl)[C@@H]1C(=O)NN=Cc1ccccc1F. The highest BCUT2D eigenvalue weighted by molar-refractivity contribution is 6.55. The summed E-state index contributed by atoms with van der Waals surface area (Å²) in [5, 5.41) is 3.79. The van der Waals surface area contributed by atoms with Gasteiger partial charge < -0.3 is 0 Å². The molecule has 1 aliphatic rings. The van der Waals surface area contributed by atoms with Gasteiger partial charge in [-0.3, -0.25) is 4.79 Å². The lowest BCUT2D eigenvalue weighted by molar-refractivity contribution is -0.123. The molecular formula is C15H15Cl2FN2O. The number of carbonyl (C=O) groups excluding carboxylic acids is 1. The molecule has 2 atom stereocenters. The van der Waals surface area contributed by atoms with E-state index in [0.29, 0.717) is 5.56 Å². The fourth-order valence-electron chi connectivity index (χ4n) is 2.44. The Morgan fingerprint density at radius 2 is 2.05 bits per heavy atom. The van der Waals surface area contributed by atoms with Crippen molar-refractivity contribution in [3.63, 3.8) is 0 Å². The summed E-state index contributed by atoms with van der Waals surface area (Å²) < 4.78 is 13.5. The molecule has 112 valence electrons. The van der Waals surface area contributed by atoms with Crippen molar-refractivity contribution in [3.8, 4) is 0 Å². The number of rotatable bonds is 4. The Morgan fingerprint density at radius 3 is 2.67 bits per heavy atom. The average Bonchev–Trinajstić information content (AvgIpc) is 2.92. The maximum absolute atomic E-state index is 13.4. The standard InChI is InChI=1S/C15H15Cl2FN2O/c1-15(2)10(7-12(16)17)13(15)14(21)20-19-8-9-5-3-4-6-11(9)18/h3-8,10,13H,1-2H3,(H,20,21)/t10-,13-/m1/s1. The molecule has 0 saturated heterocycles. The highest BCUT2D eigenvalue weighted by atomic mass is 35.5. The van der Waals surface area contributed by atoms with E-state index in [1.807, 2.05) is 13.8 Å². The van der Waals surface area contributed by atoms with Gasteiger partial charge in [-0.2, -0.15) is 5.10 Å². The van der Waals surface area contributed by atoms with Crippen molar-refractivity contribution >= 4 is 35.3 Å². The number of nitrogens with one attached hydrogen (secondary N) is 1. The Balaban J connectivity index is 1.97. The van der Waals surface area contributed by atoms with Crippen molar-refractivity contribution in [3.05, 3.63) is 46.2 Å². The van der Waals surface area contributed by atoms with Gasteiger partial charge in [0.2, 0.25) is 5.91 Å². The smallest absolute Gasteiger partial charge is 0.244 e. The summed E-state index contributed by atoms with van der Waals surface area (Å²) in [6.45, 7) is 3.91. The number of hydrogen-bond donors (Lipinski definition) is 1. The maximum Gasteiger partial charge on any atom is 0.244 e. The van der Waals surface area contributed by atoms with Crippen LogP contribution >= 0.6 is 23.2 Å². The molecule has 1 aromatic rings. The molecule has 0 heterocycles. The minimum atomic E-state index is -0.392. The summed E-state index contributed by atoms with van der Waals surface area (Å²) in [5.74, 6) is -0.894. The number of halogens is 3. The Morgan fingerprint density at radius 1 is 1.38 bits per heavy atom. The Bertz CT molecular complexity index is 609. The summed E-state index contributed by atoms with van der Waals surface area (Å²) >= 11 is 11.3. The molecule has 0 aromatic heterocycles. The van der Waals surface area contributed by atoms with E-state index in [2.05, 4.69) is 10.5 Å². The highest BCUT2D eigenvalue weighted by Crippen LogP contribution is 2.59. The lowest BCUT2D eigenvalue weighted by atomic mass is 10.1. The van der Waals surface area contributed by atoms with E-state index in [-0.39, 0.29) is 27.6 Å². The first-order chi connectivity index (χ1) is 9.84. The molecule has 1 amide bonds. The zero-order valence-electron chi connectivity index (χ0n) is 11.6. The van der Waals surface area contributed by atoms with Crippen molar-refractivity contribution in [1.29, 1.82) is 0 Å². The van der Waals surface area contributed by atoms with Gasteiger partial charge in [-0.05, 0) is 23.5 Å². The minimum Gasteiger partial charge on any atom is -0.273 e. The molecule has 2 rings (SSSR count). The summed E-state index contributed by atoms with van der Waals surface area (Å²) in [6.07, 6.45) is 2.94. The molecule has 1 aromatic carbocycles. The molecule has 1 N–H and O–H groups in total. The van der Waals surface area contributed by atoms with Gasteiger partial charge in [-0.25, -0.2) is 9.82 Å². The van der Waals surface area contributed by atoms with E-state index < -0.39 is 5.82 Å². The fourth-order valence-corrected chi connectivity index (χ4v) is 2.71. The van der Waals surface area contributed by atoms with Crippen molar-refractivity contribution in [2.75, 3.05) is 0 Å². The molecule has 3 nitrogen and oxygen atoms in total. The Hall–Kier alpha value is -1.39. The number of benzene rings is 1. The number of hydrazone groups is 1. The quantitative estimate of drug-likeness (QED) is 0.661. The highest BCUT2D eigenvalue weighted by Gasteiger charge is 2.60. The second-order valence-corrected chi connectivity index (χ2v) is 6.54. The number of carbonyl (C=O) groups is 1. The van der Waals surface area contributed by atoms with Crippen LogP contribution in [0.5, 0.6) is 0 Å². The van der Waals surface area contributed by atoms with E-state index in [1.165, 1.54) is 12.3 Å². The number of nitrogens with zero attached hydrogens (tertiary/aromatic N) is 1. The van der Waals surface area contributed by atoms with Crippen LogP contribution in [-0.4, -0.2) is 12.1 Å². The normalized spacial score (nSPS) is 22.9. The third-order valence-electron chi connectivity index (χ3n) is 3.78. The molecule has 0 radical (unpaired) electrons. The first-order valence-electron chi connectivity index (χ1n) is 6.44. The molecule has 0 spiro atoms. The molecule has 1 fully saturated rings. The van der Waals surface area contributed by atoms with Crippen LogP contribution in [0, 0.1) is 23.1 Å². The van der Waals surface area contributed by atoms with Crippen LogP contribution in [0.15, 0.2) is 39.9 Å². The molecule has 21 heavy (non-hydrogen) atoms. The molecule has 0 bridgehead atoms. The third kappa shape index (κ3) is 3.63. The molecule has 0 aliphatic heterocycles. The van der Waals surface area contributed by atoms with Crippen molar-refractivity contribution < 1.29 is 9.18 Å². The average molecular weight is 329 g/mol. The lowest BCUT2D eigenvalue weighted by Gasteiger charge is -2.01. The van der Waals surface area contributed by atoms with Crippen LogP contribution in [0.25, 0.3) is 0 Å². The predicted molar refractivity (Wildman–Crippen MR) is 82.7 cm³/mol. The lowest BCUT2D eigenvalue weighted by Crippen LogP contribution is -2.22. The first kappa shape index (κ1) is 16.0. The van der Waals surface area contributed by atoms with Crippen LogP contribution < -0.4 is 5.43 Å². The maximum atomic E-state index is 13.4. The largest absolute Gasteiger partial charge is 0.273 e. The second-order valence-electron chi connectivity index (χ2n) is 5.54. The van der Waals surface area contributed by atoms with Crippen molar-refractivity contribution in [2.45, 2.75) is 13.8 Å². The van der Waals surface area contributed by atoms with Crippen LogP contribution in [0.3, 0.4) is 0 Å². The fraction of sp³-hybridized carbons (Fsp3) is 0.333. The Kier molecular flexibility index (Phi) is 4.69. The summed E-state index contributed by atoms with van der Waals surface area (Å²) in [4.78, 5) is 12.1. The molecule has 1 saturated carbocycles. The van der Waals surface area contributed by atoms with Gasteiger partial charge in [0.05, 0.1) is 12.1 Å². The van der Waals surface area contributed by atoms with Crippen LogP contribution in [-0.2, 0) is 4.79 Å². The zero-order valence-corrected chi connectivity index (χ0v) is 13.1. The number of amides is 1. The van der Waals surface area contributed by atoms with Gasteiger partial charge in [-0.15, -0.1) is 0 Å².